The first kappa shape index (κ1) is 17.9. The Morgan fingerprint density at radius 1 is 1.00 bits per heavy atom. The van der Waals surface area contributed by atoms with E-state index < -0.39 is 0 Å². The first-order valence-corrected chi connectivity index (χ1v) is 7.91. The Labute approximate surface area is 114 Å². The number of nitrogens with two attached hydrogens (primary N) is 1. The molecule has 0 fully saturated rings. The summed E-state index contributed by atoms with van der Waals surface area (Å²) >= 11 is 0. The monoisotopic (exact) mass is 257 g/mol. The second kappa shape index (κ2) is 10.8. The highest BCUT2D eigenvalue weighted by atomic mass is 16.3. The van der Waals surface area contributed by atoms with Crippen LogP contribution in [0, 0.1) is 11.3 Å². The van der Waals surface area contributed by atoms with Crippen molar-refractivity contribution in [2.75, 3.05) is 13.2 Å². The first-order valence-electron chi connectivity index (χ1n) is 7.91. The maximum atomic E-state index is 9.62. The van der Waals surface area contributed by atoms with E-state index in [0.717, 1.165) is 12.8 Å². The summed E-state index contributed by atoms with van der Waals surface area (Å²) in [6.45, 7) is 7.55. The normalized spacial score (nSPS) is 15.0. The van der Waals surface area contributed by atoms with Gasteiger partial charge < -0.3 is 10.8 Å². The average Bonchev–Trinajstić information content (AvgIpc) is 2.36. The minimum atomic E-state index is -0.0163. The van der Waals surface area contributed by atoms with Crippen molar-refractivity contribution in [2.24, 2.45) is 17.1 Å². The third-order valence-corrected chi connectivity index (χ3v) is 3.92. The zero-order valence-corrected chi connectivity index (χ0v) is 12.9. The number of aliphatic hydroxyl groups excluding tert-OH is 1. The van der Waals surface area contributed by atoms with E-state index in [1.165, 1.54) is 44.9 Å². The van der Waals surface area contributed by atoms with Crippen LogP contribution in [0.4, 0.5) is 0 Å². The molecule has 0 saturated heterocycles. The van der Waals surface area contributed by atoms with Gasteiger partial charge in [0.1, 0.15) is 0 Å². The van der Waals surface area contributed by atoms with Crippen molar-refractivity contribution in [1.82, 2.24) is 0 Å². The SMILES string of the molecule is CCCCCCCCCC(CN)(CO)CC(C)C. The standard InChI is InChI=1S/C16H35NO/c1-4-5-6-7-8-9-10-11-16(13-17,14-18)12-15(2)3/h15,18H,4-14,17H2,1-3H3. The number of aliphatic hydroxyl groups is 1. The van der Waals surface area contributed by atoms with E-state index in [2.05, 4.69) is 20.8 Å². The molecule has 3 N–H and O–H groups in total. The molecule has 0 amide bonds. The molecule has 0 radical (unpaired) electrons. The van der Waals surface area contributed by atoms with Crippen molar-refractivity contribution in [2.45, 2.75) is 78.6 Å². The molecule has 18 heavy (non-hydrogen) atoms. The van der Waals surface area contributed by atoms with Gasteiger partial charge in [0.15, 0.2) is 0 Å². The van der Waals surface area contributed by atoms with Crippen LogP contribution in [0.25, 0.3) is 0 Å². The maximum Gasteiger partial charge on any atom is 0.0499 e. The Morgan fingerprint density at radius 2 is 1.56 bits per heavy atom. The minimum Gasteiger partial charge on any atom is -0.396 e. The molecule has 0 aromatic heterocycles. The van der Waals surface area contributed by atoms with Gasteiger partial charge in [0.25, 0.3) is 0 Å². The summed E-state index contributed by atoms with van der Waals surface area (Å²) in [4.78, 5) is 0. The lowest BCUT2D eigenvalue weighted by atomic mass is 9.76. The van der Waals surface area contributed by atoms with Crippen molar-refractivity contribution in [3.05, 3.63) is 0 Å². The van der Waals surface area contributed by atoms with Gasteiger partial charge in [0.2, 0.25) is 0 Å². The van der Waals surface area contributed by atoms with Gasteiger partial charge in [-0.25, -0.2) is 0 Å². The van der Waals surface area contributed by atoms with Crippen LogP contribution >= 0.6 is 0 Å². The number of rotatable bonds is 12. The molecule has 1 unspecified atom stereocenters. The molecule has 0 saturated carbocycles. The molecule has 110 valence electrons. The predicted octanol–water partition coefficient (Wildman–Crippen LogP) is 4.11. The molecule has 0 rings (SSSR count). The lowest BCUT2D eigenvalue weighted by molar-refractivity contribution is 0.0956. The molecule has 0 aliphatic carbocycles. The molecule has 0 heterocycles. The fourth-order valence-corrected chi connectivity index (χ4v) is 2.82. The van der Waals surface area contributed by atoms with Gasteiger partial charge in [-0.05, 0) is 18.8 Å². The molecule has 2 heteroatoms. The van der Waals surface area contributed by atoms with E-state index in [-0.39, 0.29) is 12.0 Å². The van der Waals surface area contributed by atoms with E-state index in [4.69, 9.17) is 5.73 Å². The fourth-order valence-electron chi connectivity index (χ4n) is 2.82. The van der Waals surface area contributed by atoms with Crippen molar-refractivity contribution < 1.29 is 5.11 Å². The van der Waals surface area contributed by atoms with E-state index in [1.807, 2.05) is 0 Å². The van der Waals surface area contributed by atoms with Gasteiger partial charge in [0, 0.05) is 18.6 Å². The molecule has 0 aliphatic heterocycles. The van der Waals surface area contributed by atoms with E-state index in [1.54, 1.807) is 0 Å². The van der Waals surface area contributed by atoms with Crippen LogP contribution in [0.1, 0.15) is 78.6 Å². The molecule has 0 aliphatic rings. The lowest BCUT2D eigenvalue weighted by Gasteiger charge is -2.32. The predicted molar refractivity (Wildman–Crippen MR) is 80.6 cm³/mol. The molecule has 1 atom stereocenters. The van der Waals surface area contributed by atoms with E-state index >= 15 is 0 Å². The van der Waals surface area contributed by atoms with Crippen molar-refractivity contribution >= 4 is 0 Å². The summed E-state index contributed by atoms with van der Waals surface area (Å²) in [5, 5.41) is 9.62. The van der Waals surface area contributed by atoms with Gasteiger partial charge in [-0.15, -0.1) is 0 Å². The van der Waals surface area contributed by atoms with Gasteiger partial charge in [0.05, 0.1) is 0 Å². The Bertz CT molecular complexity index is 176. The van der Waals surface area contributed by atoms with Crippen LogP contribution in [0.15, 0.2) is 0 Å². The Morgan fingerprint density at radius 3 is 2.00 bits per heavy atom. The Kier molecular flexibility index (Phi) is 10.8. The van der Waals surface area contributed by atoms with Crippen molar-refractivity contribution in [1.29, 1.82) is 0 Å². The van der Waals surface area contributed by atoms with E-state index in [9.17, 15) is 5.11 Å². The second-order valence-corrected chi connectivity index (χ2v) is 6.33. The minimum absolute atomic E-state index is 0.0163. The summed E-state index contributed by atoms with van der Waals surface area (Å²) in [5.74, 6) is 0.616. The van der Waals surface area contributed by atoms with Crippen LogP contribution in [-0.4, -0.2) is 18.3 Å². The van der Waals surface area contributed by atoms with Crippen molar-refractivity contribution in [3.8, 4) is 0 Å². The van der Waals surface area contributed by atoms with Gasteiger partial charge >= 0.3 is 0 Å². The highest BCUT2D eigenvalue weighted by molar-refractivity contribution is 4.80. The van der Waals surface area contributed by atoms with Crippen molar-refractivity contribution in [3.63, 3.8) is 0 Å². The third kappa shape index (κ3) is 8.10. The molecular formula is C16H35NO. The number of hydrogen-bond donors (Lipinski definition) is 2. The fraction of sp³-hybridized carbons (Fsp3) is 1.00. The zero-order chi connectivity index (χ0) is 13.9. The molecule has 0 spiro atoms. The molecule has 0 bridgehead atoms. The second-order valence-electron chi connectivity index (χ2n) is 6.33. The zero-order valence-electron chi connectivity index (χ0n) is 12.9. The molecule has 0 aromatic rings. The summed E-state index contributed by atoms with van der Waals surface area (Å²) in [7, 11) is 0. The van der Waals surface area contributed by atoms with Gasteiger partial charge in [-0.1, -0.05) is 65.7 Å². The summed E-state index contributed by atoms with van der Waals surface area (Å²) in [6.07, 6.45) is 11.4. The smallest absolute Gasteiger partial charge is 0.0499 e. The molecule has 2 nitrogen and oxygen atoms in total. The summed E-state index contributed by atoms with van der Waals surface area (Å²) < 4.78 is 0. The van der Waals surface area contributed by atoms with Gasteiger partial charge in [-0.2, -0.15) is 0 Å². The topological polar surface area (TPSA) is 46.2 Å². The van der Waals surface area contributed by atoms with Crippen LogP contribution in [-0.2, 0) is 0 Å². The Hall–Kier alpha value is -0.0800. The first-order chi connectivity index (χ1) is 8.60. The quantitative estimate of drug-likeness (QED) is 0.517. The van der Waals surface area contributed by atoms with Gasteiger partial charge in [-0.3, -0.25) is 0 Å². The van der Waals surface area contributed by atoms with Crippen LogP contribution < -0.4 is 5.73 Å². The average molecular weight is 257 g/mol. The van der Waals surface area contributed by atoms with Crippen LogP contribution in [0.3, 0.4) is 0 Å². The molecule has 0 aromatic carbocycles. The highest BCUT2D eigenvalue weighted by Gasteiger charge is 2.28. The number of unbranched alkanes of at least 4 members (excludes halogenated alkanes) is 6. The summed E-state index contributed by atoms with van der Waals surface area (Å²) in [5.41, 5.74) is 5.87. The van der Waals surface area contributed by atoms with E-state index in [0.29, 0.717) is 12.5 Å². The maximum absolute atomic E-state index is 9.62. The largest absolute Gasteiger partial charge is 0.396 e. The third-order valence-electron chi connectivity index (χ3n) is 3.92. The molecular weight excluding hydrogens is 222 g/mol. The lowest BCUT2D eigenvalue weighted by Crippen LogP contribution is -2.35. The Balaban J connectivity index is 3.76. The van der Waals surface area contributed by atoms with Crippen LogP contribution in [0.2, 0.25) is 0 Å². The van der Waals surface area contributed by atoms with Crippen LogP contribution in [0.5, 0.6) is 0 Å². The summed E-state index contributed by atoms with van der Waals surface area (Å²) in [6, 6.07) is 0. The highest BCUT2D eigenvalue weighted by Crippen LogP contribution is 2.31. The number of hydrogen-bond acceptors (Lipinski definition) is 2.